The van der Waals surface area contributed by atoms with E-state index in [1.807, 2.05) is 24.3 Å². The van der Waals surface area contributed by atoms with Crippen molar-refractivity contribution in [3.63, 3.8) is 0 Å². The minimum atomic E-state index is -0.870. The van der Waals surface area contributed by atoms with Crippen LogP contribution < -0.4 is 11.1 Å². The molecule has 0 spiro atoms. The maximum Gasteiger partial charge on any atom is 0.224 e. The number of amides is 1. The summed E-state index contributed by atoms with van der Waals surface area (Å²) in [5, 5.41) is 2.85. The number of benzene rings is 1. The van der Waals surface area contributed by atoms with Crippen molar-refractivity contribution in [3.05, 3.63) is 29.8 Å². The molecule has 0 heterocycles. The topological polar surface area (TPSA) is 81.4 Å². The third kappa shape index (κ3) is 7.36. The fourth-order valence-corrected chi connectivity index (χ4v) is 3.00. The molecule has 0 aliphatic heterocycles. The van der Waals surface area contributed by atoms with Crippen LogP contribution in [0.2, 0.25) is 0 Å². The molecule has 0 radical (unpaired) electrons. The van der Waals surface area contributed by atoms with Crippen molar-refractivity contribution in [3.8, 4) is 0 Å². The average molecular weight is 312 g/mol. The van der Waals surface area contributed by atoms with Gasteiger partial charge in [0.05, 0.1) is 0 Å². The van der Waals surface area contributed by atoms with Gasteiger partial charge in [0.25, 0.3) is 0 Å². The molecule has 0 aliphatic carbocycles. The fourth-order valence-electron chi connectivity index (χ4n) is 1.89. The molecule has 6 heteroatoms. The van der Waals surface area contributed by atoms with Crippen LogP contribution in [0.3, 0.4) is 0 Å². The zero-order valence-corrected chi connectivity index (χ0v) is 13.3. The van der Waals surface area contributed by atoms with Crippen LogP contribution in [0, 0.1) is 0 Å². The molecule has 1 aromatic carbocycles. The summed E-state index contributed by atoms with van der Waals surface area (Å²) in [5.41, 5.74) is 7.29. The first-order chi connectivity index (χ1) is 10.2. The number of methoxy groups -OCH3 is 1. The number of hydrogen-bond donors (Lipinski definition) is 2. The van der Waals surface area contributed by atoms with Gasteiger partial charge in [-0.3, -0.25) is 9.00 Å². The molecule has 118 valence electrons. The van der Waals surface area contributed by atoms with Crippen LogP contribution in [0.4, 0.5) is 5.69 Å². The zero-order chi connectivity index (χ0) is 15.5. The monoisotopic (exact) mass is 312 g/mol. The first kappa shape index (κ1) is 17.8. The van der Waals surface area contributed by atoms with Crippen LogP contribution >= 0.6 is 0 Å². The standard InChI is InChI=1S/C15H24N2O3S/c1-20-9-5-11-21(19)10-4-8-15(18)17-14-7-3-2-6-13(14)12-16/h2-3,6-7H,4-5,8-12,16H2,1H3,(H,17,18). The molecule has 1 rings (SSSR count). The zero-order valence-electron chi connectivity index (χ0n) is 12.5. The minimum Gasteiger partial charge on any atom is -0.385 e. The van der Waals surface area contributed by atoms with Gasteiger partial charge >= 0.3 is 0 Å². The quantitative estimate of drug-likeness (QED) is 0.644. The SMILES string of the molecule is COCCCS(=O)CCCC(=O)Nc1ccccc1CN. The Bertz CT molecular complexity index is 466. The molecule has 0 bridgehead atoms. The maximum absolute atomic E-state index is 11.9. The largest absolute Gasteiger partial charge is 0.385 e. The molecular formula is C15H24N2O3S. The number of para-hydroxylation sites is 1. The molecular weight excluding hydrogens is 288 g/mol. The van der Waals surface area contributed by atoms with E-state index in [-0.39, 0.29) is 5.91 Å². The van der Waals surface area contributed by atoms with Crippen molar-refractivity contribution in [2.45, 2.75) is 25.8 Å². The van der Waals surface area contributed by atoms with Gasteiger partial charge in [0.2, 0.25) is 5.91 Å². The first-order valence-corrected chi connectivity index (χ1v) is 8.58. The van der Waals surface area contributed by atoms with Crippen LogP contribution in [-0.2, 0) is 26.9 Å². The van der Waals surface area contributed by atoms with Gasteiger partial charge in [0.1, 0.15) is 0 Å². The molecule has 3 N–H and O–H groups in total. The maximum atomic E-state index is 11.9. The molecule has 0 aromatic heterocycles. The lowest BCUT2D eigenvalue weighted by atomic mass is 10.1. The van der Waals surface area contributed by atoms with Gasteiger partial charge in [0.15, 0.2) is 0 Å². The fraction of sp³-hybridized carbons (Fsp3) is 0.533. The summed E-state index contributed by atoms with van der Waals surface area (Å²) in [7, 11) is 0.761. The third-order valence-corrected chi connectivity index (χ3v) is 4.50. The summed E-state index contributed by atoms with van der Waals surface area (Å²) in [5.74, 6) is 1.12. The van der Waals surface area contributed by atoms with Gasteiger partial charge in [-0.15, -0.1) is 0 Å². The smallest absolute Gasteiger partial charge is 0.224 e. The molecule has 1 atom stereocenters. The third-order valence-electron chi connectivity index (χ3n) is 3.01. The van der Waals surface area contributed by atoms with E-state index in [4.69, 9.17) is 10.5 Å². The lowest BCUT2D eigenvalue weighted by molar-refractivity contribution is -0.116. The highest BCUT2D eigenvalue weighted by Crippen LogP contribution is 2.14. The van der Waals surface area contributed by atoms with Gasteiger partial charge < -0.3 is 15.8 Å². The number of nitrogens with one attached hydrogen (secondary N) is 1. The Morgan fingerprint density at radius 2 is 2.00 bits per heavy atom. The highest BCUT2D eigenvalue weighted by Gasteiger charge is 2.07. The van der Waals surface area contributed by atoms with Crippen molar-refractivity contribution >= 4 is 22.4 Å². The van der Waals surface area contributed by atoms with Crippen LogP contribution in [0.15, 0.2) is 24.3 Å². The Hall–Kier alpha value is -1.24. The molecule has 0 saturated carbocycles. The highest BCUT2D eigenvalue weighted by molar-refractivity contribution is 7.84. The van der Waals surface area contributed by atoms with Crippen LogP contribution in [0.25, 0.3) is 0 Å². The lowest BCUT2D eigenvalue weighted by Gasteiger charge is -2.09. The Balaban J connectivity index is 2.26. The van der Waals surface area contributed by atoms with E-state index in [1.54, 1.807) is 7.11 Å². The van der Waals surface area contributed by atoms with E-state index in [9.17, 15) is 9.00 Å². The Morgan fingerprint density at radius 1 is 1.29 bits per heavy atom. The molecule has 5 nitrogen and oxygen atoms in total. The summed E-state index contributed by atoms with van der Waals surface area (Å²) in [4.78, 5) is 11.9. The average Bonchev–Trinajstić information content (AvgIpc) is 2.48. The highest BCUT2D eigenvalue weighted by atomic mass is 32.2. The van der Waals surface area contributed by atoms with Crippen molar-refractivity contribution < 1.29 is 13.7 Å². The Kier molecular flexibility index (Phi) is 8.89. The van der Waals surface area contributed by atoms with Crippen molar-refractivity contribution in [2.75, 3.05) is 30.5 Å². The second-order valence-corrected chi connectivity index (χ2v) is 6.40. The predicted molar refractivity (Wildman–Crippen MR) is 86.6 cm³/mol. The molecule has 1 aromatic rings. The molecule has 0 fully saturated rings. The number of anilines is 1. The molecule has 0 saturated heterocycles. The van der Waals surface area contributed by atoms with Gasteiger partial charge in [0, 0.05) is 54.7 Å². The predicted octanol–water partition coefficient (Wildman–Crippen LogP) is 1.65. The molecule has 0 aliphatic rings. The van der Waals surface area contributed by atoms with Gasteiger partial charge in [-0.05, 0) is 24.5 Å². The van der Waals surface area contributed by atoms with Crippen LogP contribution in [0.5, 0.6) is 0 Å². The Morgan fingerprint density at radius 3 is 2.71 bits per heavy atom. The Labute approximate surface area is 128 Å². The number of ether oxygens (including phenoxy) is 1. The van der Waals surface area contributed by atoms with Gasteiger partial charge in [-0.1, -0.05) is 18.2 Å². The van der Waals surface area contributed by atoms with E-state index in [0.29, 0.717) is 37.5 Å². The molecule has 1 unspecified atom stereocenters. The van der Waals surface area contributed by atoms with E-state index < -0.39 is 10.8 Å². The van der Waals surface area contributed by atoms with Crippen LogP contribution in [-0.4, -0.2) is 35.3 Å². The number of carbonyl (C=O) groups excluding carboxylic acids is 1. The van der Waals surface area contributed by atoms with E-state index in [2.05, 4.69) is 5.32 Å². The minimum absolute atomic E-state index is 0.0650. The second-order valence-electron chi connectivity index (χ2n) is 4.71. The number of rotatable bonds is 10. The summed E-state index contributed by atoms with van der Waals surface area (Å²) in [6, 6.07) is 7.48. The van der Waals surface area contributed by atoms with Gasteiger partial charge in [-0.25, -0.2) is 0 Å². The lowest BCUT2D eigenvalue weighted by Crippen LogP contribution is -2.15. The number of nitrogens with two attached hydrogens (primary N) is 1. The molecule has 1 amide bonds. The number of hydrogen-bond acceptors (Lipinski definition) is 4. The van der Waals surface area contributed by atoms with Crippen molar-refractivity contribution in [2.24, 2.45) is 5.73 Å². The first-order valence-electron chi connectivity index (χ1n) is 7.09. The van der Waals surface area contributed by atoms with E-state index in [1.165, 1.54) is 0 Å². The van der Waals surface area contributed by atoms with Crippen molar-refractivity contribution in [1.29, 1.82) is 0 Å². The van der Waals surface area contributed by atoms with Crippen molar-refractivity contribution in [1.82, 2.24) is 0 Å². The summed E-state index contributed by atoms with van der Waals surface area (Å²) >= 11 is 0. The summed E-state index contributed by atoms with van der Waals surface area (Å²) < 4.78 is 16.6. The normalized spacial score (nSPS) is 12.1. The number of carbonyl (C=O) groups is 1. The molecule has 21 heavy (non-hydrogen) atoms. The van der Waals surface area contributed by atoms with Gasteiger partial charge in [-0.2, -0.15) is 0 Å². The van der Waals surface area contributed by atoms with E-state index >= 15 is 0 Å². The van der Waals surface area contributed by atoms with Crippen LogP contribution in [0.1, 0.15) is 24.8 Å². The van der Waals surface area contributed by atoms with E-state index in [0.717, 1.165) is 17.7 Å². The summed E-state index contributed by atoms with van der Waals surface area (Å²) in [6.45, 7) is 1.02. The second kappa shape index (κ2) is 10.5. The summed E-state index contributed by atoms with van der Waals surface area (Å²) in [6.07, 6.45) is 1.78.